The van der Waals surface area contributed by atoms with Crippen LogP contribution in [0.15, 0.2) is 0 Å². The van der Waals surface area contributed by atoms with Crippen LogP contribution in [0, 0.1) is 59.2 Å². The van der Waals surface area contributed by atoms with Gasteiger partial charge < -0.3 is 5.11 Å². The molecule has 0 amide bonds. The van der Waals surface area contributed by atoms with E-state index in [1.54, 1.807) is 0 Å². The first-order chi connectivity index (χ1) is 8.91. The lowest BCUT2D eigenvalue weighted by Crippen LogP contribution is -1.70. The van der Waals surface area contributed by atoms with Gasteiger partial charge in [-0.25, -0.2) is 0 Å². The summed E-state index contributed by atoms with van der Waals surface area (Å²) >= 11 is 0. The third-order valence-corrected chi connectivity index (χ3v) is 1.59. The van der Waals surface area contributed by atoms with Crippen molar-refractivity contribution in [1.29, 1.82) is 0 Å². The molecule has 90 valence electrons. The summed E-state index contributed by atoms with van der Waals surface area (Å²) in [5, 5.41) is 8.39. The molecule has 0 atom stereocenters. The molecule has 0 heterocycles. The molecule has 0 aliphatic rings. The Morgan fingerprint density at radius 2 is 0.889 bits per heavy atom. The van der Waals surface area contributed by atoms with Gasteiger partial charge in [-0.1, -0.05) is 60.2 Å². The van der Waals surface area contributed by atoms with Crippen LogP contribution in [0.1, 0.15) is 39.0 Å². The van der Waals surface area contributed by atoms with Gasteiger partial charge in [0.25, 0.3) is 0 Å². The van der Waals surface area contributed by atoms with Crippen LogP contribution in [0.25, 0.3) is 0 Å². The molecule has 1 N–H and O–H groups in total. The van der Waals surface area contributed by atoms with Gasteiger partial charge in [0.05, 0.1) is 25.7 Å². The molecule has 0 spiro atoms. The third-order valence-electron chi connectivity index (χ3n) is 1.59. The van der Waals surface area contributed by atoms with Crippen molar-refractivity contribution < 1.29 is 5.11 Å². The molecular formula is C17H16O. The summed E-state index contributed by atoms with van der Waals surface area (Å²) in [6.07, 6.45) is 3.10. The maximum Gasteiger partial charge on any atom is 0.104 e. The van der Waals surface area contributed by atoms with Crippen molar-refractivity contribution in [2.45, 2.75) is 39.0 Å². The Hall–Kier alpha value is -2.24. The van der Waals surface area contributed by atoms with Gasteiger partial charge >= 0.3 is 0 Å². The van der Waals surface area contributed by atoms with Crippen LogP contribution in [0.2, 0.25) is 0 Å². The largest absolute Gasteiger partial charge is 0.384 e. The molecule has 0 aromatic heterocycles. The van der Waals surface area contributed by atoms with Gasteiger partial charge in [0, 0.05) is 6.42 Å². The van der Waals surface area contributed by atoms with Gasteiger partial charge in [-0.15, -0.1) is 5.92 Å². The minimum Gasteiger partial charge on any atom is -0.384 e. The van der Waals surface area contributed by atoms with Crippen LogP contribution < -0.4 is 0 Å². The Morgan fingerprint density at radius 3 is 1.22 bits per heavy atom. The van der Waals surface area contributed by atoms with Gasteiger partial charge in [0.1, 0.15) is 6.61 Å². The van der Waals surface area contributed by atoms with Crippen LogP contribution in [0.4, 0.5) is 0 Å². The van der Waals surface area contributed by atoms with Gasteiger partial charge in [-0.2, -0.15) is 0 Å². The zero-order chi connectivity index (χ0) is 13.3. The Balaban J connectivity index is 3.66. The summed E-state index contributed by atoms with van der Waals surface area (Å²) in [6.45, 7) is 1.91. The predicted molar refractivity (Wildman–Crippen MR) is 74.7 cm³/mol. The first kappa shape index (κ1) is 15.8. The van der Waals surface area contributed by atoms with Crippen molar-refractivity contribution in [2.75, 3.05) is 6.61 Å². The minimum atomic E-state index is -0.108. The standard InChI is InChI=1S/C17H16O/c1-2-3-4-5-6-7-8-9-10-11-12-13-14-15-16-17-18/h18H,2,5,8,11,14,17H2,1H3. The maximum atomic E-state index is 8.39. The van der Waals surface area contributed by atoms with Crippen LogP contribution in [0.3, 0.4) is 0 Å². The smallest absolute Gasteiger partial charge is 0.104 e. The van der Waals surface area contributed by atoms with Crippen molar-refractivity contribution >= 4 is 0 Å². The van der Waals surface area contributed by atoms with Gasteiger partial charge in [0.2, 0.25) is 0 Å². The Kier molecular flexibility index (Phi) is 12.9. The molecule has 1 nitrogen and oxygen atoms in total. The summed E-state index contributed by atoms with van der Waals surface area (Å²) in [4.78, 5) is 0. The number of hydrogen-bond acceptors (Lipinski definition) is 1. The number of aliphatic hydroxyl groups excluding tert-OH is 1. The quantitative estimate of drug-likeness (QED) is 0.638. The Labute approximate surface area is 110 Å². The molecule has 18 heavy (non-hydrogen) atoms. The Morgan fingerprint density at radius 1 is 0.556 bits per heavy atom. The number of hydrogen-bond donors (Lipinski definition) is 1. The molecule has 0 bridgehead atoms. The van der Waals surface area contributed by atoms with Crippen molar-refractivity contribution in [1.82, 2.24) is 0 Å². The molecule has 0 saturated carbocycles. The monoisotopic (exact) mass is 236 g/mol. The molecular weight excluding hydrogens is 220 g/mol. The third kappa shape index (κ3) is 13.8. The summed E-state index contributed by atoms with van der Waals surface area (Å²) in [7, 11) is 0. The van der Waals surface area contributed by atoms with E-state index < -0.39 is 0 Å². The second kappa shape index (κ2) is 14.8. The van der Waals surface area contributed by atoms with E-state index in [4.69, 9.17) is 5.11 Å². The van der Waals surface area contributed by atoms with Gasteiger partial charge in [-0.05, 0) is 0 Å². The van der Waals surface area contributed by atoms with Crippen LogP contribution in [0.5, 0.6) is 0 Å². The lowest BCUT2D eigenvalue weighted by atomic mass is 10.3. The van der Waals surface area contributed by atoms with E-state index in [-0.39, 0.29) is 6.61 Å². The topological polar surface area (TPSA) is 20.2 Å². The average Bonchev–Trinajstić information content (AvgIpc) is 2.39. The molecule has 0 rings (SSSR count). The normalized spacial score (nSPS) is 6.56. The van der Waals surface area contributed by atoms with Crippen LogP contribution in [-0.2, 0) is 0 Å². The average molecular weight is 236 g/mol. The van der Waals surface area contributed by atoms with E-state index in [0.29, 0.717) is 25.7 Å². The van der Waals surface area contributed by atoms with E-state index in [2.05, 4.69) is 59.2 Å². The van der Waals surface area contributed by atoms with Crippen LogP contribution in [-0.4, -0.2) is 11.7 Å². The van der Waals surface area contributed by atoms with E-state index >= 15 is 0 Å². The molecule has 0 aromatic rings. The van der Waals surface area contributed by atoms with Crippen molar-refractivity contribution in [3.63, 3.8) is 0 Å². The SMILES string of the molecule is CCC#CCC#CCC#CCC#CCC#CCO. The fourth-order valence-electron chi connectivity index (χ4n) is 0.858. The number of rotatable bonds is 0. The van der Waals surface area contributed by atoms with Crippen LogP contribution >= 0.6 is 0 Å². The minimum absolute atomic E-state index is 0.108. The van der Waals surface area contributed by atoms with Gasteiger partial charge in [0.15, 0.2) is 0 Å². The first-order valence-corrected chi connectivity index (χ1v) is 5.81. The van der Waals surface area contributed by atoms with Crippen molar-refractivity contribution in [2.24, 2.45) is 0 Å². The molecule has 0 unspecified atom stereocenters. The fraction of sp³-hybridized carbons (Fsp3) is 0.412. The summed E-state index contributed by atoms with van der Waals surface area (Å²) in [5.74, 6) is 28.6. The lowest BCUT2D eigenvalue weighted by molar-refractivity contribution is 0.350. The molecule has 0 fully saturated rings. The highest BCUT2D eigenvalue weighted by molar-refractivity contribution is 5.19. The van der Waals surface area contributed by atoms with Crippen molar-refractivity contribution in [3.05, 3.63) is 0 Å². The predicted octanol–water partition coefficient (Wildman–Crippen LogP) is 1.97. The second-order valence-corrected chi connectivity index (χ2v) is 2.99. The summed E-state index contributed by atoms with van der Waals surface area (Å²) in [5.41, 5.74) is 0. The molecule has 0 aliphatic carbocycles. The Bertz CT molecular complexity index is 465. The highest BCUT2D eigenvalue weighted by atomic mass is 16.2. The molecule has 0 aliphatic heterocycles. The van der Waals surface area contributed by atoms with E-state index in [9.17, 15) is 0 Å². The van der Waals surface area contributed by atoms with E-state index in [0.717, 1.165) is 6.42 Å². The molecule has 0 radical (unpaired) electrons. The zero-order valence-electron chi connectivity index (χ0n) is 10.7. The lowest BCUT2D eigenvalue weighted by Gasteiger charge is -1.74. The molecule has 0 saturated heterocycles. The highest BCUT2D eigenvalue weighted by Crippen LogP contribution is 1.78. The van der Waals surface area contributed by atoms with Crippen molar-refractivity contribution in [3.8, 4) is 59.2 Å². The first-order valence-electron chi connectivity index (χ1n) is 5.81. The highest BCUT2D eigenvalue weighted by Gasteiger charge is 1.70. The maximum absolute atomic E-state index is 8.39. The van der Waals surface area contributed by atoms with E-state index in [1.807, 2.05) is 6.92 Å². The van der Waals surface area contributed by atoms with E-state index in [1.165, 1.54) is 0 Å². The fourth-order valence-corrected chi connectivity index (χ4v) is 0.858. The van der Waals surface area contributed by atoms with Gasteiger partial charge in [-0.3, -0.25) is 0 Å². The molecule has 1 heteroatoms. The molecule has 0 aromatic carbocycles. The second-order valence-electron chi connectivity index (χ2n) is 2.99. The summed E-state index contributed by atoms with van der Waals surface area (Å²) in [6, 6.07) is 0. The zero-order valence-corrected chi connectivity index (χ0v) is 10.7. The summed E-state index contributed by atoms with van der Waals surface area (Å²) < 4.78 is 0. The number of aliphatic hydroxyl groups is 1.